The van der Waals surface area contributed by atoms with E-state index in [9.17, 15) is 0 Å². The van der Waals surface area contributed by atoms with Gasteiger partial charge in [-0.05, 0) is 47.7 Å². The lowest BCUT2D eigenvalue weighted by Gasteiger charge is -2.03. The molecule has 0 amide bonds. The summed E-state index contributed by atoms with van der Waals surface area (Å²) in [5.74, 6) is 0.556. The van der Waals surface area contributed by atoms with Gasteiger partial charge in [-0.2, -0.15) is 5.10 Å². The van der Waals surface area contributed by atoms with Crippen molar-refractivity contribution in [2.45, 2.75) is 6.92 Å². The maximum atomic E-state index is 5.71. The molecule has 15 heavy (non-hydrogen) atoms. The van der Waals surface area contributed by atoms with Crippen molar-refractivity contribution in [2.75, 3.05) is 5.73 Å². The predicted molar refractivity (Wildman–Crippen MR) is 73.6 cm³/mol. The number of H-pyrrole nitrogens is 1. The van der Waals surface area contributed by atoms with Crippen molar-refractivity contribution < 1.29 is 0 Å². The van der Waals surface area contributed by atoms with Gasteiger partial charge in [-0.25, -0.2) is 0 Å². The van der Waals surface area contributed by atoms with Crippen molar-refractivity contribution in [1.29, 1.82) is 0 Å². The Morgan fingerprint density at radius 1 is 1.47 bits per heavy atom. The van der Waals surface area contributed by atoms with E-state index in [1.807, 2.05) is 13.0 Å². The molecule has 1 heterocycles. The van der Waals surface area contributed by atoms with Crippen LogP contribution in [0.5, 0.6) is 0 Å². The molecule has 0 aliphatic heterocycles. The molecule has 0 aliphatic rings. The highest BCUT2D eigenvalue weighted by Gasteiger charge is 2.11. The van der Waals surface area contributed by atoms with Gasteiger partial charge in [-0.15, -0.1) is 0 Å². The van der Waals surface area contributed by atoms with Crippen LogP contribution in [-0.4, -0.2) is 10.2 Å². The molecule has 2 aromatic rings. The molecule has 0 atom stereocenters. The van der Waals surface area contributed by atoms with Crippen molar-refractivity contribution in [3.05, 3.63) is 31.8 Å². The average Bonchev–Trinajstić information content (AvgIpc) is 2.52. The van der Waals surface area contributed by atoms with Gasteiger partial charge in [0.25, 0.3) is 0 Å². The standard InChI is InChI=1S/C10H9BrIN3/c1-5-9(14-15-10(5)13)7-4-6(11)2-3-8(7)12/h2-4H,1H3,(H3,13,14,15). The van der Waals surface area contributed by atoms with Gasteiger partial charge in [0.15, 0.2) is 0 Å². The second kappa shape index (κ2) is 4.13. The minimum absolute atomic E-state index is 0.556. The number of benzene rings is 1. The average molecular weight is 378 g/mol. The first-order valence-corrected chi connectivity index (χ1v) is 6.22. The number of anilines is 1. The molecule has 0 bridgehead atoms. The molecule has 0 spiro atoms. The van der Waals surface area contributed by atoms with E-state index in [1.54, 1.807) is 0 Å². The minimum atomic E-state index is 0.556. The fraction of sp³-hybridized carbons (Fsp3) is 0.100. The van der Waals surface area contributed by atoms with Crippen LogP contribution < -0.4 is 5.73 Å². The summed E-state index contributed by atoms with van der Waals surface area (Å²) in [7, 11) is 0. The van der Waals surface area contributed by atoms with E-state index in [0.29, 0.717) is 5.82 Å². The molecule has 0 unspecified atom stereocenters. The number of rotatable bonds is 1. The van der Waals surface area contributed by atoms with Crippen LogP contribution in [0.25, 0.3) is 11.3 Å². The number of hydrogen-bond acceptors (Lipinski definition) is 2. The second-order valence-corrected chi connectivity index (χ2v) is 5.31. The van der Waals surface area contributed by atoms with Gasteiger partial charge >= 0.3 is 0 Å². The molecule has 3 N–H and O–H groups in total. The van der Waals surface area contributed by atoms with Crippen molar-refractivity contribution in [3.63, 3.8) is 0 Å². The smallest absolute Gasteiger partial charge is 0.148 e. The van der Waals surface area contributed by atoms with Crippen LogP contribution in [0.4, 0.5) is 5.82 Å². The summed E-state index contributed by atoms with van der Waals surface area (Å²) in [5, 5.41) is 6.95. The van der Waals surface area contributed by atoms with E-state index >= 15 is 0 Å². The van der Waals surface area contributed by atoms with E-state index in [2.05, 4.69) is 60.9 Å². The Morgan fingerprint density at radius 3 is 2.80 bits per heavy atom. The zero-order valence-corrected chi connectivity index (χ0v) is 11.8. The van der Waals surface area contributed by atoms with Gasteiger partial charge in [0.2, 0.25) is 0 Å². The van der Waals surface area contributed by atoms with Crippen LogP contribution in [-0.2, 0) is 0 Å². The number of nitrogens with two attached hydrogens (primary N) is 1. The zero-order valence-electron chi connectivity index (χ0n) is 8.01. The summed E-state index contributed by atoms with van der Waals surface area (Å²) >= 11 is 5.75. The van der Waals surface area contributed by atoms with Crippen molar-refractivity contribution in [2.24, 2.45) is 0 Å². The van der Waals surface area contributed by atoms with Gasteiger partial charge in [-0.3, -0.25) is 5.10 Å². The molecule has 0 saturated heterocycles. The first kappa shape index (κ1) is 10.9. The lowest BCUT2D eigenvalue weighted by molar-refractivity contribution is 1.10. The van der Waals surface area contributed by atoms with Gasteiger partial charge in [0, 0.05) is 19.2 Å². The topological polar surface area (TPSA) is 54.7 Å². The van der Waals surface area contributed by atoms with Crippen molar-refractivity contribution in [3.8, 4) is 11.3 Å². The largest absolute Gasteiger partial charge is 0.382 e. The third kappa shape index (κ3) is 2.03. The number of aromatic amines is 1. The first-order chi connectivity index (χ1) is 7.09. The van der Waals surface area contributed by atoms with Crippen LogP contribution in [0, 0.1) is 10.5 Å². The molecule has 2 rings (SSSR count). The molecule has 0 radical (unpaired) electrons. The van der Waals surface area contributed by atoms with Crippen LogP contribution in [0.1, 0.15) is 5.56 Å². The van der Waals surface area contributed by atoms with Crippen molar-refractivity contribution >= 4 is 44.3 Å². The Morgan fingerprint density at radius 2 is 2.20 bits per heavy atom. The van der Waals surface area contributed by atoms with Gasteiger partial charge < -0.3 is 5.73 Å². The maximum Gasteiger partial charge on any atom is 0.148 e. The number of nitrogens with zero attached hydrogens (tertiary/aromatic N) is 1. The SMILES string of the molecule is Cc1c(N)n[nH]c1-c1cc(Br)ccc1I. The van der Waals surface area contributed by atoms with Gasteiger partial charge in [-0.1, -0.05) is 15.9 Å². The number of hydrogen-bond donors (Lipinski definition) is 2. The molecule has 1 aromatic heterocycles. The highest BCUT2D eigenvalue weighted by Crippen LogP contribution is 2.30. The first-order valence-electron chi connectivity index (χ1n) is 4.35. The molecule has 0 fully saturated rings. The van der Waals surface area contributed by atoms with Gasteiger partial charge in [0.1, 0.15) is 5.82 Å². The number of nitrogen functional groups attached to an aromatic ring is 1. The highest BCUT2D eigenvalue weighted by atomic mass is 127. The summed E-state index contributed by atoms with van der Waals surface area (Å²) in [4.78, 5) is 0. The molecular weight excluding hydrogens is 369 g/mol. The molecule has 0 aliphatic carbocycles. The third-order valence-corrected chi connectivity index (χ3v) is 3.68. The predicted octanol–water partition coefficient (Wildman–Crippen LogP) is 3.33. The van der Waals surface area contributed by atoms with E-state index in [4.69, 9.17) is 5.73 Å². The number of nitrogens with one attached hydrogen (secondary N) is 1. The van der Waals surface area contributed by atoms with E-state index in [1.165, 1.54) is 3.57 Å². The van der Waals surface area contributed by atoms with Crippen molar-refractivity contribution in [1.82, 2.24) is 10.2 Å². The quantitative estimate of drug-likeness (QED) is 0.749. The molecule has 78 valence electrons. The molecule has 5 heteroatoms. The summed E-state index contributed by atoms with van der Waals surface area (Å²) in [5.41, 5.74) is 8.80. The van der Waals surface area contributed by atoms with E-state index in [0.717, 1.165) is 21.3 Å². The summed E-state index contributed by atoms with van der Waals surface area (Å²) in [6.07, 6.45) is 0. The minimum Gasteiger partial charge on any atom is -0.382 e. The lowest BCUT2D eigenvalue weighted by Crippen LogP contribution is -1.88. The van der Waals surface area contributed by atoms with Crippen LogP contribution in [0.15, 0.2) is 22.7 Å². The van der Waals surface area contributed by atoms with E-state index in [-0.39, 0.29) is 0 Å². The molecule has 0 saturated carbocycles. The number of halogens is 2. The molecule has 3 nitrogen and oxygen atoms in total. The zero-order chi connectivity index (χ0) is 11.0. The fourth-order valence-electron chi connectivity index (χ4n) is 1.36. The third-order valence-electron chi connectivity index (χ3n) is 2.25. The van der Waals surface area contributed by atoms with E-state index < -0.39 is 0 Å². The molecular formula is C10H9BrIN3. The summed E-state index contributed by atoms with van der Waals surface area (Å²) in [6, 6.07) is 6.12. The summed E-state index contributed by atoms with van der Waals surface area (Å²) in [6.45, 7) is 1.96. The fourth-order valence-corrected chi connectivity index (χ4v) is 2.33. The summed E-state index contributed by atoms with van der Waals surface area (Å²) < 4.78 is 2.22. The lowest BCUT2D eigenvalue weighted by atomic mass is 10.1. The van der Waals surface area contributed by atoms with Crippen LogP contribution >= 0.6 is 38.5 Å². The Hall–Kier alpha value is -0.560. The Bertz CT molecular complexity index is 507. The maximum absolute atomic E-state index is 5.71. The monoisotopic (exact) mass is 377 g/mol. The second-order valence-electron chi connectivity index (χ2n) is 3.23. The molecule has 1 aromatic carbocycles. The highest BCUT2D eigenvalue weighted by molar-refractivity contribution is 14.1. The normalized spacial score (nSPS) is 10.6. The van der Waals surface area contributed by atoms with Crippen LogP contribution in [0.2, 0.25) is 0 Å². The van der Waals surface area contributed by atoms with Crippen LogP contribution in [0.3, 0.4) is 0 Å². The number of aromatic nitrogens is 2. The Labute approximate surface area is 110 Å². The van der Waals surface area contributed by atoms with Gasteiger partial charge in [0.05, 0.1) is 5.69 Å². The Balaban J connectivity index is 2.63. The Kier molecular flexibility index (Phi) is 3.01.